The number of benzene rings is 2. The van der Waals surface area contributed by atoms with Gasteiger partial charge in [0.05, 0.1) is 12.0 Å². The summed E-state index contributed by atoms with van der Waals surface area (Å²) in [6, 6.07) is 14.4. The monoisotopic (exact) mass is 382 g/mol. The van der Waals surface area contributed by atoms with Crippen LogP contribution in [0, 0.1) is 10.1 Å². The number of methoxy groups -OCH3 is 1. The van der Waals surface area contributed by atoms with E-state index in [-0.39, 0.29) is 5.69 Å². The zero-order valence-corrected chi connectivity index (χ0v) is 15.6. The van der Waals surface area contributed by atoms with Crippen molar-refractivity contribution in [3.8, 4) is 17.1 Å². The van der Waals surface area contributed by atoms with E-state index in [1.807, 2.05) is 34.9 Å². The first-order valence-electron chi connectivity index (χ1n) is 8.17. The van der Waals surface area contributed by atoms with Crippen molar-refractivity contribution in [1.82, 2.24) is 14.8 Å². The SMILES string of the molecule is C=CCn1c(SCc2cc([N+](=O)[O-])ccc2OC)nnc1-c1ccccc1. The first-order valence-corrected chi connectivity index (χ1v) is 9.16. The molecule has 0 atom stereocenters. The number of hydrogen-bond donors (Lipinski definition) is 0. The summed E-state index contributed by atoms with van der Waals surface area (Å²) < 4.78 is 7.29. The molecule has 0 amide bonds. The molecule has 0 saturated heterocycles. The van der Waals surface area contributed by atoms with E-state index in [2.05, 4.69) is 16.8 Å². The highest BCUT2D eigenvalue weighted by atomic mass is 32.2. The molecule has 138 valence electrons. The number of allylic oxidation sites excluding steroid dienone is 1. The van der Waals surface area contributed by atoms with Crippen LogP contribution in [0.15, 0.2) is 66.3 Å². The molecule has 7 nitrogen and oxygen atoms in total. The molecule has 0 spiro atoms. The molecule has 0 aliphatic carbocycles. The number of nitro groups is 1. The number of nitrogens with zero attached hydrogens (tertiary/aromatic N) is 4. The van der Waals surface area contributed by atoms with Crippen molar-refractivity contribution in [3.63, 3.8) is 0 Å². The Hall–Kier alpha value is -3.13. The second-order valence-corrected chi connectivity index (χ2v) is 6.56. The van der Waals surface area contributed by atoms with E-state index in [9.17, 15) is 10.1 Å². The Kier molecular flexibility index (Phi) is 5.87. The van der Waals surface area contributed by atoms with Crippen LogP contribution in [-0.2, 0) is 12.3 Å². The molecule has 0 bridgehead atoms. The Labute approximate surface area is 160 Å². The number of hydrogen-bond acceptors (Lipinski definition) is 6. The van der Waals surface area contributed by atoms with Crippen molar-refractivity contribution in [2.75, 3.05) is 7.11 Å². The first kappa shape index (κ1) is 18.7. The van der Waals surface area contributed by atoms with Crippen LogP contribution in [0.3, 0.4) is 0 Å². The highest BCUT2D eigenvalue weighted by molar-refractivity contribution is 7.98. The molecule has 2 aromatic carbocycles. The van der Waals surface area contributed by atoms with Gasteiger partial charge in [0, 0.05) is 35.6 Å². The number of thioether (sulfide) groups is 1. The summed E-state index contributed by atoms with van der Waals surface area (Å²) in [6.45, 7) is 4.37. The summed E-state index contributed by atoms with van der Waals surface area (Å²) in [4.78, 5) is 10.6. The topological polar surface area (TPSA) is 83.1 Å². The summed E-state index contributed by atoms with van der Waals surface area (Å²) in [5.74, 6) is 1.82. The lowest BCUT2D eigenvalue weighted by Crippen LogP contribution is -2.01. The van der Waals surface area contributed by atoms with Gasteiger partial charge in [0.15, 0.2) is 11.0 Å². The van der Waals surface area contributed by atoms with Crippen molar-refractivity contribution in [1.29, 1.82) is 0 Å². The standard InChI is InChI=1S/C19H18N4O3S/c1-3-11-22-18(14-7-5-4-6-8-14)20-21-19(22)27-13-15-12-16(23(24)25)9-10-17(15)26-2/h3-10,12H,1,11,13H2,2H3. The molecule has 0 saturated carbocycles. The minimum Gasteiger partial charge on any atom is -0.496 e. The molecule has 3 aromatic rings. The molecule has 27 heavy (non-hydrogen) atoms. The van der Waals surface area contributed by atoms with Crippen molar-refractivity contribution in [2.24, 2.45) is 0 Å². The maximum absolute atomic E-state index is 11.0. The maximum atomic E-state index is 11.0. The highest BCUT2D eigenvalue weighted by Gasteiger charge is 2.16. The van der Waals surface area contributed by atoms with E-state index < -0.39 is 4.92 Å². The van der Waals surface area contributed by atoms with E-state index in [0.717, 1.165) is 17.0 Å². The van der Waals surface area contributed by atoms with Crippen LogP contribution in [-0.4, -0.2) is 26.8 Å². The lowest BCUT2D eigenvalue weighted by molar-refractivity contribution is -0.384. The van der Waals surface area contributed by atoms with Crippen LogP contribution in [0.1, 0.15) is 5.56 Å². The average Bonchev–Trinajstić information content (AvgIpc) is 3.09. The van der Waals surface area contributed by atoms with E-state index in [0.29, 0.717) is 23.2 Å². The third-order valence-corrected chi connectivity index (χ3v) is 4.91. The molecular weight excluding hydrogens is 364 g/mol. The average molecular weight is 382 g/mol. The van der Waals surface area contributed by atoms with Crippen LogP contribution in [0.25, 0.3) is 11.4 Å². The van der Waals surface area contributed by atoms with Gasteiger partial charge in [-0.15, -0.1) is 16.8 Å². The summed E-state index contributed by atoms with van der Waals surface area (Å²) in [5, 5.41) is 20.4. The smallest absolute Gasteiger partial charge is 0.270 e. The largest absolute Gasteiger partial charge is 0.496 e. The van der Waals surface area contributed by atoms with Gasteiger partial charge < -0.3 is 4.74 Å². The van der Waals surface area contributed by atoms with Gasteiger partial charge in [-0.3, -0.25) is 14.7 Å². The fraction of sp³-hybridized carbons (Fsp3) is 0.158. The number of non-ortho nitro benzene ring substituents is 1. The summed E-state index contributed by atoms with van der Waals surface area (Å²) >= 11 is 1.44. The molecule has 0 fully saturated rings. The van der Waals surface area contributed by atoms with E-state index in [4.69, 9.17) is 4.74 Å². The van der Waals surface area contributed by atoms with Gasteiger partial charge >= 0.3 is 0 Å². The minimum absolute atomic E-state index is 0.0314. The lowest BCUT2D eigenvalue weighted by Gasteiger charge is -2.10. The third-order valence-electron chi connectivity index (χ3n) is 3.89. The van der Waals surface area contributed by atoms with Gasteiger partial charge in [-0.1, -0.05) is 48.2 Å². The molecule has 0 N–H and O–H groups in total. The summed E-state index contributed by atoms with van der Waals surface area (Å²) in [7, 11) is 1.54. The highest BCUT2D eigenvalue weighted by Crippen LogP contribution is 2.31. The van der Waals surface area contributed by atoms with E-state index in [1.165, 1.54) is 23.9 Å². The maximum Gasteiger partial charge on any atom is 0.270 e. The molecule has 1 heterocycles. The normalized spacial score (nSPS) is 10.6. The molecular formula is C19H18N4O3S. The summed E-state index contributed by atoms with van der Waals surface area (Å²) in [6.07, 6.45) is 1.79. The Bertz CT molecular complexity index is 957. The fourth-order valence-corrected chi connectivity index (χ4v) is 3.55. The molecule has 3 rings (SSSR count). The minimum atomic E-state index is -0.415. The molecule has 0 aliphatic rings. The second-order valence-electron chi connectivity index (χ2n) is 5.61. The number of aromatic nitrogens is 3. The van der Waals surface area contributed by atoms with E-state index in [1.54, 1.807) is 19.3 Å². The molecule has 8 heteroatoms. The van der Waals surface area contributed by atoms with Gasteiger partial charge in [0.1, 0.15) is 5.75 Å². The fourth-order valence-electron chi connectivity index (χ4n) is 2.62. The Morgan fingerprint density at radius 1 is 1.26 bits per heavy atom. The van der Waals surface area contributed by atoms with Crippen LogP contribution < -0.4 is 4.74 Å². The van der Waals surface area contributed by atoms with Gasteiger partial charge in [-0.05, 0) is 6.07 Å². The Balaban J connectivity index is 1.88. The summed E-state index contributed by atoms with van der Waals surface area (Å²) in [5.41, 5.74) is 1.72. The zero-order chi connectivity index (χ0) is 19.2. The molecule has 1 aromatic heterocycles. The predicted octanol–water partition coefficient (Wildman–Crippen LogP) is 4.34. The van der Waals surface area contributed by atoms with Gasteiger partial charge in [-0.2, -0.15) is 0 Å². The Morgan fingerprint density at radius 2 is 2.04 bits per heavy atom. The van der Waals surface area contributed by atoms with Crippen molar-refractivity contribution in [2.45, 2.75) is 17.5 Å². The molecule has 0 radical (unpaired) electrons. The number of ether oxygens (including phenoxy) is 1. The van der Waals surface area contributed by atoms with Gasteiger partial charge in [0.2, 0.25) is 0 Å². The Morgan fingerprint density at radius 3 is 2.70 bits per heavy atom. The predicted molar refractivity (Wildman–Crippen MR) is 105 cm³/mol. The zero-order valence-electron chi connectivity index (χ0n) is 14.7. The lowest BCUT2D eigenvalue weighted by atomic mass is 10.2. The number of nitro benzene ring substituents is 1. The molecule has 0 aliphatic heterocycles. The van der Waals surface area contributed by atoms with E-state index >= 15 is 0 Å². The van der Waals surface area contributed by atoms with Crippen molar-refractivity contribution >= 4 is 17.4 Å². The quantitative estimate of drug-likeness (QED) is 0.249. The number of rotatable bonds is 8. The van der Waals surface area contributed by atoms with Crippen molar-refractivity contribution in [3.05, 3.63) is 76.9 Å². The van der Waals surface area contributed by atoms with Crippen LogP contribution >= 0.6 is 11.8 Å². The van der Waals surface area contributed by atoms with Gasteiger partial charge in [-0.25, -0.2) is 0 Å². The van der Waals surface area contributed by atoms with Crippen molar-refractivity contribution < 1.29 is 9.66 Å². The van der Waals surface area contributed by atoms with Crippen LogP contribution in [0.4, 0.5) is 5.69 Å². The second kappa shape index (κ2) is 8.50. The van der Waals surface area contributed by atoms with Crippen LogP contribution in [0.5, 0.6) is 5.75 Å². The first-order chi connectivity index (χ1) is 13.1. The third kappa shape index (κ3) is 4.17. The van der Waals surface area contributed by atoms with Crippen LogP contribution in [0.2, 0.25) is 0 Å². The van der Waals surface area contributed by atoms with Gasteiger partial charge in [0.25, 0.3) is 5.69 Å². The molecule has 0 unspecified atom stereocenters.